The van der Waals surface area contributed by atoms with Crippen LogP contribution in [0.4, 0.5) is 0 Å². The second kappa shape index (κ2) is 5.44. The van der Waals surface area contributed by atoms with Gasteiger partial charge in [0.05, 0.1) is 12.0 Å². The summed E-state index contributed by atoms with van der Waals surface area (Å²) >= 11 is 0. The molecule has 108 valence electrons. The predicted octanol–water partition coefficient (Wildman–Crippen LogP) is 3.30. The van der Waals surface area contributed by atoms with Gasteiger partial charge in [-0.3, -0.25) is 4.68 Å². The van der Waals surface area contributed by atoms with E-state index < -0.39 is 0 Å². The third-order valence-corrected chi connectivity index (χ3v) is 4.07. The van der Waals surface area contributed by atoms with Gasteiger partial charge < -0.3 is 9.73 Å². The highest BCUT2D eigenvalue weighted by atomic mass is 16.3. The van der Waals surface area contributed by atoms with E-state index in [0.29, 0.717) is 12.0 Å². The zero-order valence-electron chi connectivity index (χ0n) is 12.5. The zero-order chi connectivity index (χ0) is 14.1. The third-order valence-electron chi connectivity index (χ3n) is 4.07. The largest absolute Gasteiger partial charge is 0.469 e. The summed E-state index contributed by atoms with van der Waals surface area (Å²) in [5, 5.41) is 8.24. The number of fused-ring (bicyclic) bond motifs is 1. The summed E-state index contributed by atoms with van der Waals surface area (Å²) in [6.07, 6.45) is 7.40. The summed E-state index contributed by atoms with van der Waals surface area (Å²) in [6, 6.07) is 2.52. The van der Waals surface area contributed by atoms with Crippen LogP contribution in [0.25, 0.3) is 0 Å². The van der Waals surface area contributed by atoms with Gasteiger partial charge >= 0.3 is 0 Å². The first-order valence-corrected chi connectivity index (χ1v) is 7.47. The van der Waals surface area contributed by atoms with Crippen LogP contribution in [0, 0.1) is 0 Å². The Morgan fingerprint density at radius 3 is 3.15 bits per heavy atom. The first-order chi connectivity index (χ1) is 9.65. The molecule has 1 aliphatic carbocycles. The van der Waals surface area contributed by atoms with Crippen LogP contribution in [0.15, 0.2) is 22.9 Å². The predicted molar refractivity (Wildman–Crippen MR) is 78.5 cm³/mol. The maximum absolute atomic E-state index is 5.55. The molecule has 4 heteroatoms. The minimum atomic E-state index is 0.415. The Kier molecular flexibility index (Phi) is 3.66. The Morgan fingerprint density at radius 1 is 1.50 bits per heavy atom. The molecular weight excluding hydrogens is 250 g/mol. The van der Waals surface area contributed by atoms with E-state index in [1.807, 2.05) is 18.0 Å². The molecule has 0 spiro atoms. The molecule has 2 heterocycles. The number of aromatic nitrogens is 2. The van der Waals surface area contributed by atoms with Crippen LogP contribution in [-0.4, -0.2) is 9.78 Å². The van der Waals surface area contributed by atoms with E-state index in [1.165, 1.54) is 29.7 Å². The molecule has 1 unspecified atom stereocenters. The number of hydrogen-bond donors (Lipinski definition) is 1. The van der Waals surface area contributed by atoms with Crippen LogP contribution in [-0.2, 0) is 20.0 Å². The van der Waals surface area contributed by atoms with Crippen molar-refractivity contribution in [2.45, 2.75) is 51.6 Å². The molecule has 4 nitrogen and oxygen atoms in total. The first kappa shape index (κ1) is 13.4. The van der Waals surface area contributed by atoms with Crippen LogP contribution < -0.4 is 5.32 Å². The van der Waals surface area contributed by atoms with Gasteiger partial charge in [-0.2, -0.15) is 5.10 Å². The number of nitrogens with one attached hydrogen (secondary N) is 1. The van der Waals surface area contributed by atoms with Crippen molar-refractivity contribution < 1.29 is 4.42 Å². The lowest BCUT2D eigenvalue weighted by Crippen LogP contribution is -2.24. The van der Waals surface area contributed by atoms with Crippen molar-refractivity contribution >= 4 is 0 Å². The summed E-state index contributed by atoms with van der Waals surface area (Å²) in [6.45, 7) is 5.26. The molecule has 0 aliphatic heterocycles. The van der Waals surface area contributed by atoms with E-state index in [1.54, 1.807) is 0 Å². The Labute approximate surface area is 120 Å². The minimum Gasteiger partial charge on any atom is -0.469 e. The topological polar surface area (TPSA) is 43.0 Å². The molecule has 0 saturated heterocycles. The van der Waals surface area contributed by atoms with Crippen LogP contribution in [0.1, 0.15) is 61.2 Å². The lowest BCUT2D eigenvalue weighted by atomic mass is 9.93. The van der Waals surface area contributed by atoms with Gasteiger partial charge in [-0.25, -0.2) is 0 Å². The highest BCUT2D eigenvalue weighted by molar-refractivity contribution is 5.25. The lowest BCUT2D eigenvalue weighted by molar-refractivity contribution is 0.410. The maximum atomic E-state index is 5.55. The molecule has 2 aromatic heterocycles. The normalized spacial score (nSPS) is 18.5. The number of nitrogens with zero attached hydrogens (tertiary/aromatic N) is 2. The molecular formula is C16H23N3O. The number of aryl methyl sites for hydroxylation is 2. The molecule has 1 aliphatic rings. The van der Waals surface area contributed by atoms with Crippen molar-refractivity contribution in [2.75, 3.05) is 0 Å². The first-order valence-electron chi connectivity index (χ1n) is 7.47. The zero-order valence-corrected chi connectivity index (χ0v) is 12.5. The molecule has 2 aromatic rings. The molecule has 3 rings (SSSR count). The summed E-state index contributed by atoms with van der Waals surface area (Å²) in [5.41, 5.74) is 3.84. The van der Waals surface area contributed by atoms with Gasteiger partial charge in [0.2, 0.25) is 0 Å². The molecule has 0 amide bonds. The fraction of sp³-hybridized carbons (Fsp3) is 0.562. The average Bonchev–Trinajstić information content (AvgIpc) is 3.02. The van der Waals surface area contributed by atoms with E-state index in [9.17, 15) is 0 Å². The number of furan rings is 1. The number of rotatable bonds is 4. The van der Waals surface area contributed by atoms with Crippen LogP contribution in [0.3, 0.4) is 0 Å². The van der Waals surface area contributed by atoms with Gasteiger partial charge in [0.15, 0.2) is 0 Å². The quantitative estimate of drug-likeness (QED) is 0.929. The molecule has 0 aromatic carbocycles. The van der Waals surface area contributed by atoms with Crippen molar-refractivity contribution in [3.8, 4) is 0 Å². The third kappa shape index (κ3) is 2.52. The lowest BCUT2D eigenvalue weighted by Gasteiger charge is -2.23. The van der Waals surface area contributed by atoms with Crippen molar-refractivity contribution in [2.24, 2.45) is 7.05 Å². The Morgan fingerprint density at radius 2 is 2.35 bits per heavy atom. The summed E-state index contributed by atoms with van der Waals surface area (Å²) in [7, 11) is 1.99. The second-order valence-electron chi connectivity index (χ2n) is 5.99. The van der Waals surface area contributed by atoms with Crippen LogP contribution in [0.5, 0.6) is 0 Å². The summed E-state index contributed by atoms with van der Waals surface area (Å²) < 4.78 is 7.46. The van der Waals surface area contributed by atoms with Crippen LogP contribution >= 0.6 is 0 Å². The smallest absolute Gasteiger partial charge is 0.108 e. The van der Waals surface area contributed by atoms with E-state index in [0.717, 1.165) is 18.7 Å². The maximum Gasteiger partial charge on any atom is 0.108 e. The molecule has 1 atom stereocenters. The van der Waals surface area contributed by atoms with E-state index in [2.05, 4.69) is 36.5 Å². The Hall–Kier alpha value is -1.55. The standard InChI is InChI=1S/C16H23N3O/c1-11(2)16-12(10-19(3)18-16)9-17-14-5-4-6-15-13(14)7-8-20-15/h7-8,10-11,14,17H,4-6,9H2,1-3H3. The second-order valence-corrected chi connectivity index (χ2v) is 5.99. The van der Waals surface area contributed by atoms with Crippen molar-refractivity contribution in [1.82, 2.24) is 15.1 Å². The summed E-state index contributed by atoms with van der Waals surface area (Å²) in [4.78, 5) is 0. The van der Waals surface area contributed by atoms with Gasteiger partial charge in [-0.15, -0.1) is 0 Å². The van der Waals surface area contributed by atoms with E-state index in [4.69, 9.17) is 4.42 Å². The van der Waals surface area contributed by atoms with Gasteiger partial charge in [0, 0.05) is 43.4 Å². The van der Waals surface area contributed by atoms with Gasteiger partial charge in [0.25, 0.3) is 0 Å². The molecule has 0 saturated carbocycles. The fourth-order valence-electron chi connectivity index (χ4n) is 3.11. The molecule has 0 fully saturated rings. The highest BCUT2D eigenvalue weighted by Crippen LogP contribution is 2.31. The number of hydrogen-bond acceptors (Lipinski definition) is 3. The van der Waals surface area contributed by atoms with Gasteiger partial charge in [0.1, 0.15) is 5.76 Å². The van der Waals surface area contributed by atoms with E-state index >= 15 is 0 Å². The SMILES string of the molecule is CC(C)c1nn(C)cc1CNC1CCCc2occc21. The van der Waals surface area contributed by atoms with Crippen molar-refractivity contribution in [3.05, 3.63) is 41.1 Å². The average molecular weight is 273 g/mol. The molecule has 1 N–H and O–H groups in total. The fourth-order valence-corrected chi connectivity index (χ4v) is 3.11. The molecule has 0 bridgehead atoms. The summed E-state index contributed by atoms with van der Waals surface area (Å²) in [5.74, 6) is 1.62. The minimum absolute atomic E-state index is 0.415. The molecule has 20 heavy (non-hydrogen) atoms. The molecule has 0 radical (unpaired) electrons. The van der Waals surface area contributed by atoms with Crippen molar-refractivity contribution in [3.63, 3.8) is 0 Å². The van der Waals surface area contributed by atoms with Gasteiger partial charge in [-0.05, 0) is 24.8 Å². The van der Waals surface area contributed by atoms with Gasteiger partial charge in [-0.1, -0.05) is 13.8 Å². The van der Waals surface area contributed by atoms with Crippen molar-refractivity contribution in [1.29, 1.82) is 0 Å². The Bertz CT molecular complexity index is 582. The monoisotopic (exact) mass is 273 g/mol. The van der Waals surface area contributed by atoms with Crippen LogP contribution in [0.2, 0.25) is 0 Å². The Balaban J connectivity index is 1.72. The van der Waals surface area contributed by atoms with E-state index in [-0.39, 0.29) is 0 Å². The highest BCUT2D eigenvalue weighted by Gasteiger charge is 2.22.